The molecule has 0 heterocycles. The molecule has 0 aromatic rings. The molecule has 1 saturated carbocycles. The Labute approximate surface area is 102 Å². The van der Waals surface area contributed by atoms with Crippen molar-refractivity contribution in [2.45, 2.75) is 71.4 Å². The van der Waals surface area contributed by atoms with E-state index in [-0.39, 0.29) is 0 Å². The Morgan fingerprint density at radius 1 is 1.31 bits per heavy atom. The van der Waals surface area contributed by atoms with E-state index in [1.165, 1.54) is 38.6 Å². The van der Waals surface area contributed by atoms with Crippen LogP contribution in [-0.2, 0) is 0 Å². The highest BCUT2D eigenvalue weighted by atomic mass is 15.2. The summed E-state index contributed by atoms with van der Waals surface area (Å²) in [6.45, 7) is 11.3. The fourth-order valence-electron chi connectivity index (χ4n) is 3.33. The van der Waals surface area contributed by atoms with Crippen LogP contribution >= 0.6 is 0 Å². The summed E-state index contributed by atoms with van der Waals surface area (Å²) < 4.78 is 0. The first-order valence-corrected chi connectivity index (χ1v) is 7.02. The van der Waals surface area contributed by atoms with Gasteiger partial charge in [0.15, 0.2) is 0 Å². The zero-order valence-corrected chi connectivity index (χ0v) is 11.6. The van der Waals surface area contributed by atoms with Gasteiger partial charge in [0.1, 0.15) is 0 Å². The van der Waals surface area contributed by atoms with Crippen molar-refractivity contribution in [1.29, 1.82) is 0 Å². The van der Waals surface area contributed by atoms with Crippen molar-refractivity contribution in [3.8, 4) is 0 Å². The van der Waals surface area contributed by atoms with E-state index in [4.69, 9.17) is 5.73 Å². The molecule has 1 rings (SSSR count). The molecule has 0 aromatic heterocycles. The van der Waals surface area contributed by atoms with Gasteiger partial charge in [-0.1, -0.05) is 26.7 Å². The Balaban J connectivity index is 2.54. The standard InChI is InChI=1S/C14H30N2/c1-5-6-7-8-16(12(2)3)14(11-15)9-13(4)10-14/h12-13H,5-11,15H2,1-4H3. The average molecular weight is 226 g/mol. The number of unbranched alkanes of at least 4 members (excludes halogenated alkanes) is 2. The molecule has 1 aliphatic carbocycles. The third-order valence-corrected chi connectivity index (χ3v) is 4.07. The first kappa shape index (κ1) is 14.0. The Bertz CT molecular complexity index is 195. The maximum atomic E-state index is 6.03. The minimum absolute atomic E-state index is 0.335. The largest absolute Gasteiger partial charge is 0.329 e. The molecule has 0 amide bonds. The van der Waals surface area contributed by atoms with Gasteiger partial charge in [0, 0.05) is 18.1 Å². The van der Waals surface area contributed by atoms with Gasteiger partial charge in [-0.25, -0.2) is 0 Å². The molecule has 96 valence electrons. The van der Waals surface area contributed by atoms with Crippen molar-refractivity contribution in [2.24, 2.45) is 11.7 Å². The quantitative estimate of drug-likeness (QED) is 0.676. The summed E-state index contributed by atoms with van der Waals surface area (Å²) >= 11 is 0. The highest BCUT2D eigenvalue weighted by Crippen LogP contribution is 2.42. The molecule has 0 aliphatic heterocycles. The molecule has 0 bridgehead atoms. The third-order valence-electron chi connectivity index (χ3n) is 4.07. The molecule has 2 nitrogen and oxygen atoms in total. The second-order valence-corrected chi connectivity index (χ2v) is 5.94. The summed E-state index contributed by atoms with van der Waals surface area (Å²) in [6.07, 6.45) is 6.57. The second-order valence-electron chi connectivity index (χ2n) is 5.94. The molecular weight excluding hydrogens is 196 g/mol. The Morgan fingerprint density at radius 3 is 2.31 bits per heavy atom. The van der Waals surface area contributed by atoms with E-state index >= 15 is 0 Å². The lowest BCUT2D eigenvalue weighted by Gasteiger charge is -2.55. The Kier molecular flexibility index (Phi) is 5.26. The Morgan fingerprint density at radius 2 is 1.94 bits per heavy atom. The summed E-state index contributed by atoms with van der Waals surface area (Å²) in [5, 5.41) is 0. The van der Waals surface area contributed by atoms with Gasteiger partial charge in [0.05, 0.1) is 0 Å². The fraction of sp³-hybridized carbons (Fsp3) is 1.00. The van der Waals surface area contributed by atoms with Crippen molar-refractivity contribution in [2.75, 3.05) is 13.1 Å². The van der Waals surface area contributed by atoms with Crippen LogP contribution in [-0.4, -0.2) is 29.6 Å². The van der Waals surface area contributed by atoms with Crippen molar-refractivity contribution in [1.82, 2.24) is 4.90 Å². The van der Waals surface area contributed by atoms with Gasteiger partial charge in [0.25, 0.3) is 0 Å². The number of hydrogen-bond donors (Lipinski definition) is 1. The normalized spacial score (nSPS) is 29.8. The van der Waals surface area contributed by atoms with Crippen LogP contribution in [0.15, 0.2) is 0 Å². The molecule has 1 fully saturated rings. The van der Waals surface area contributed by atoms with Crippen LogP contribution < -0.4 is 5.73 Å². The average Bonchev–Trinajstić information content (AvgIpc) is 2.20. The van der Waals surface area contributed by atoms with E-state index in [1.807, 2.05) is 0 Å². The zero-order chi connectivity index (χ0) is 12.2. The topological polar surface area (TPSA) is 29.3 Å². The molecule has 2 N–H and O–H groups in total. The van der Waals surface area contributed by atoms with Crippen LogP contribution in [0.2, 0.25) is 0 Å². The van der Waals surface area contributed by atoms with E-state index in [1.54, 1.807) is 0 Å². The van der Waals surface area contributed by atoms with Gasteiger partial charge in [-0.15, -0.1) is 0 Å². The lowest BCUT2D eigenvalue weighted by atomic mass is 9.67. The fourth-order valence-corrected chi connectivity index (χ4v) is 3.33. The first-order chi connectivity index (χ1) is 7.55. The van der Waals surface area contributed by atoms with Gasteiger partial charge in [-0.2, -0.15) is 0 Å². The van der Waals surface area contributed by atoms with Crippen LogP contribution in [0.4, 0.5) is 0 Å². The lowest BCUT2D eigenvalue weighted by molar-refractivity contribution is -0.0336. The van der Waals surface area contributed by atoms with Crippen molar-refractivity contribution in [3.63, 3.8) is 0 Å². The van der Waals surface area contributed by atoms with Crippen molar-refractivity contribution in [3.05, 3.63) is 0 Å². The van der Waals surface area contributed by atoms with Crippen LogP contribution in [0, 0.1) is 5.92 Å². The molecule has 1 aliphatic rings. The highest BCUT2D eigenvalue weighted by Gasteiger charge is 2.45. The highest BCUT2D eigenvalue weighted by molar-refractivity contribution is 5.03. The zero-order valence-electron chi connectivity index (χ0n) is 11.6. The third kappa shape index (κ3) is 2.98. The van der Waals surface area contributed by atoms with Gasteiger partial charge in [0.2, 0.25) is 0 Å². The van der Waals surface area contributed by atoms with Crippen LogP contribution in [0.1, 0.15) is 59.8 Å². The molecule has 0 aromatic carbocycles. The van der Waals surface area contributed by atoms with Crippen LogP contribution in [0.5, 0.6) is 0 Å². The van der Waals surface area contributed by atoms with E-state index in [9.17, 15) is 0 Å². The maximum Gasteiger partial charge on any atom is 0.0339 e. The van der Waals surface area contributed by atoms with Crippen LogP contribution in [0.3, 0.4) is 0 Å². The van der Waals surface area contributed by atoms with Crippen molar-refractivity contribution >= 4 is 0 Å². The first-order valence-electron chi connectivity index (χ1n) is 7.02. The maximum absolute atomic E-state index is 6.03. The monoisotopic (exact) mass is 226 g/mol. The molecule has 16 heavy (non-hydrogen) atoms. The van der Waals surface area contributed by atoms with Crippen molar-refractivity contribution < 1.29 is 0 Å². The predicted octanol–water partition coefficient (Wildman–Crippen LogP) is 3.01. The van der Waals surface area contributed by atoms with Gasteiger partial charge < -0.3 is 5.73 Å². The predicted molar refractivity (Wildman–Crippen MR) is 71.6 cm³/mol. The molecule has 0 spiro atoms. The number of nitrogens with two attached hydrogens (primary N) is 1. The SMILES string of the molecule is CCCCCN(C(C)C)C1(CN)CC(C)C1. The van der Waals surface area contributed by atoms with E-state index in [2.05, 4.69) is 32.6 Å². The number of hydrogen-bond acceptors (Lipinski definition) is 2. The molecular formula is C14H30N2. The van der Waals surface area contributed by atoms with E-state index in [0.29, 0.717) is 11.6 Å². The van der Waals surface area contributed by atoms with Crippen LogP contribution in [0.25, 0.3) is 0 Å². The molecule has 0 radical (unpaired) electrons. The second kappa shape index (κ2) is 6.02. The smallest absolute Gasteiger partial charge is 0.0339 e. The van der Waals surface area contributed by atoms with Gasteiger partial charge in [-0.3, -0.25) is 4.90 Å². The molecule has 0 saturated heterocycles. The minimum atomic E-state index is 0.335. The van der Waals surface area contributed by atoms with E-state index < -0.39 is 0 Å². The summed E-state index contributed by atoms with van der Waals surface area (Å²) in [7, 11) is 0. The summed E-state index contributed by atoms with van der Waals surface area (Å²) in [6, 6.07) is 0.632. The molecule has 2 heteroatoms. The van der Waals surface area contributed by atoms with Gasteiger partial charge in [-0.05, 0) is 45.6 Å². The summed E-state index contributed by atoms with van der Waals surface area (Å²) in [4.78, 5) is 2.67. The summed E-state index contributed by atoms with van der Waals surface area (Å²) in [5.74, 6) is 0.871. The number of rotatable bonds is 7. The molecule has 0 unspecified atom stereocenters. The summed E-state index contributed by atoms with van der Waals surface area (Å²) in [5.41, 5.74) is 6.37. The lowest BCUT2D eigenvalue weighted by Crippen LogP contribution is -2.63. The Hall–Kier alpha value is -0.0800. The van der Waals surface area contributed by atoms with Gasteiger partial charge >= 0.3 is 0 Å². The molecule has 0 atom stereocenters. The minimum Gasteiger partial charge on any atom is -0.329 e. The van der Waals surface area contributed by atoms with E-state index in [0.717, 1.165) is 12.5 Å². The number of nitrogens with zero attached hydrogens (tertiary/aromatic N) is 1.